The Hall–Kier alpha value is -3.70. The van der Waals surface area contributed by atoms with E-state index in [-0.39, 0.29) is 30.3 Å². The number of benzene rings is 2. The third-order valence-electron chi connectivity index (χ3n) is 10.6. The van der Waals surface area contributed by atoms with Gasteiger partial charge in [-0.2, -0.15) is 22.0 Å². The predicted molar refractivity (Wildman–Crippen MR) is 157 cm³/mol. The molecule has 0 heterocycles. The maximum Gasteiger partial charge on any atom is 0.456 e. The molecule has 0 aliphatic heterocycles. The van der Waals surface area contributed by atoms with Crippen molar-refractivity contribution in [2.24, 2.45) is 17.3 Å². The molecule has 2 saturated carbocycles. The lowest BCUT2D eigenvalue weighted by atomic mass is 9.50. The van der Waals surface area contributed by atoms with Crippen molar-refractivity contribution in [2.45, 2.75) is 75.5 Å². The first-order valence-corrected chi connectivity index (χ1v) is 14.9. The Morgan fingerprint density at radius 3 is 2.14 bits per heavy atom. The number of carbonyl (C=O) groups is 1. The van der Waals surface area contributed by atoms with E-state index >= 15 is 8.78 Å². The van der Waals surface area contributed by atoms with Gasteiger partial charge in [0.05, 0.1) is 0 Å². The van der Waals surface area contributed by atoms with Crippen LogP contribution in [0, 0.1) is 29.1 Å². The van der Waals surface area contributed by atoms with E-state index in [1.165, 1.54) is 6.92 Å². The fraction of sp³-hybridized carbons (Fsp3) is 0.417. The van der Waals surface area contributed by atoms with Gasteiger partial charge in [-0.1, -0.05) is 55.2 Å². The second-order valence-electron chi connectivity index (χ2n) is 12.9. The number of alkyl halides is 5. The van der Waals surface area contributed by atoms with Crippen LogP contribution in [0.1, 0.15) is 80.0 Å². The molecule has 4 aliphatic rings. The Morgan fingerprint density at radius 2 is 1.55 bits per heavy atom. The van der Waals surface area contributed by atoms with Crippen LogP contribution in [0.5, 0.6) is 0 Å². The lowest BCUT2D eigenvalue weighted by molar-refractivity contribution is -0.362. The lowest BCUT2D eigenvalue weighted by Gasteiger charge is -2.56. The molecule has 0 bridgehead atoms. The van der Waals surface area contributed by atoms with Crippen LogP contribution in [0.25, 0.3) is 5.76 Å². The number of carbonyl (C=O) groups excluding carboxylic acids is 1. The zero-order valence-corrected chi connectivity index (χ0v) is 24.3. The SMILES string of the molecule is C=C(O)c1ccc(C#Cc2ccc([C@H]3CC4(C)C(CCC4(O)C(F)(F)C(F)(F)F)C4CCC5=CC(=O)CCC5=C43)cc2)cc1. The predicted octanol–water partition coefficient (Wildman–Crippen LogP) is 8.44. The van der Waals surface area contributed by atoms with Gasteiger partial charge in [0.2, 0.25) is 0 Å². The Kier molecular flexibility index (Phi) is 7.20. The van der Waals surface area contributed by atoms with Crippen LogP contribution in [0.4, 0.5) is 22.0 Å². The van der Waals surface area contributed by atoms with Gasteiger partial charge in [0.15, 0.2) is 5.78 Å². The van der Waals surface area contributed by atoms with Crippen LogP contribution in [0.2, 0.25) is 0 Å². The largest absolute Gasteiger partial charge is 0.508 e. The van der Waals surface area contributed by atoms with Crippen molar-refractivity contribution in [3.8, 4) is 11.8 Å². The molecular weight excluding hydrogens is 575 g/mol. The molecule has 2 fully saturated rings. The van der Waals surface area contributed by atoms with Crippen molar-refractivity contribution >= 4 is 11.5 Å². The quantitative estimate of drug-likeness (QED) is 0.209. The van der Waals surface area contributed by atoms with Crippen molar-refractivity contribution < 1.29 is 37.0 Å². The molecule has 0 spiro atoms. The van der Waals surface area contributed by atoms with Crippen molar-refractivity contribution in [1.82, 2.24) is 0 Å². The van der Waals surface area contributed by atoms with Crippen LogP contribution in [-0.2, 0) is 4.79 Å². The first kappa shape index (κ1) is 30.3. The van der Waals surface area contributed by atoms with E-state index in [9.17, 15) is 28.2 Å². The molecule has 0 aromatic heterocycles. The third-order valence-corrected chi connectivity index (χ3v) is 10.6. The molecular formula is C36H33F5O3. The van der Waals surface area contributed by atoms with Crippen molar-refractivity contribution in [3.05, 3.63) is 100 Å². The second kappa shape index (κ2) is 10.4. The highest BCUT2D eigenvalue weighted by Crippen LogP contribution is 2.70. The molecule has 0 saturated heterocycles. The van der Waals surface area contributed by atoms with Gasteiger partial charge in [-0.15, -0.1) is 0 Å². The Morgan fingerprint density at radius 1 is 0.932 bits per heavy atom. The molecule has 4 aliphatic carbocycles. The minimum atomic E-state index is -5.88. The number of ketones is 1. The number of hydrogen-bond donors (Lipinski definition) is 2. The van der Waals surface area contributed by atoms with Crippen LogP contribution in [-0.4, -0.2) is 33.7 Å². The number of allylic oxidation sites excluding steroid dienone is 4. The van der Waals surface area contributed by atoms with E-state index in [1.54, 1.807) is 42.5 Å². The van der Waals surface area contributed by atoms with Gasteiger partial charge in [-0.05, 0) is 97.4 Å². The van der Waals surface area contributed by atoms with E-state index in [0.717, 1.165) is 27.8 Å². The molecule has 3 nitrogen and oxygen atoms in total. The van der Waals surface area contributed by atoms with E-state index in [1.807, 2.05) is 12.1 Å². The first-order chi connectivity index (χ1) is 20.7. The Labute approximate surface area is 253 Å². The summed E-state index contributed by atoms with van der Waals surface area (Å²) in [6.45, 7) is 4.92. The lowest BCUT2D eigenvalue weighted by Crippen LogP contribution is -2.65. The van der Waals surface area contributed by atoms with Crippen LogP contribution < -0.4 is 0 Å². The van der Waals surface area contributed by atoms with Gasteiger partial charge < -0.3 is 10.2 Å². The van der Waals surface area contributed by atoms with Gasteiger partial charge in [-0.3, -0.25) is 4.79 Å². The summed E-state index contributed by atoms with van der Waals surface area (Å²) in [7, 11) is 0. The highest BCUT2D eigenvalue weighted by molar-refractivity contribution is 5.93. The first-order valence-electron chi connectivity index (χ1n) is 14.9. The van der Waals surface area contributed by atoms with E-state index in [2.05, 4.69) is 18.4 Å². The summed E-state index contributed by atoms with van der Waals surface area (Å²) in [5, 5.41) is 20.9. The highest BCUT2D eigenvalue weighted by atomic mass is 19.4. The number of rotatable bonds is 3. The molecule has 8 heteroatoms. The minimum absolute atomic E-state index is 0.0407. The molecule has 2 aromatic carbocycles. The molecule has 4 unspecified atom stereocenters. The van der Waals surface area contributed by atoms with Gasteiger partial charge in [0.25, 0.3) is 0 Å². The van der Waals surface area contributed by atoms with Crippen LogP contribution in [0.3, 0.4) is 0 Å². The number of halogens is 5. The summed E-state index contributed by atoms with van der Waals surface area (Å²) < 4.78 is 71.7. The molecule has 2 aromatic rings. The van der Waals surface area contributed by atoms with Crippen molar-refractivity contribution in [3.63, 3.8) is 0 Å². The summed E-state index contributed by atoms with van der Waals surface area (Å²) in [4.78, 5) is 12.3. The standard InChI is InChI=1S/C36H33F5O3/c1-21(42)24-9-5-22(6-10-24)3-4-23-7-11-25(12-8-23)30-20-33(2)31(17-18-34(33,44)35(37,38)36(39,40)41)29-15-13-26-19-27(43)14-16-28(26)32(29)30/h5-12,19,29-31,42,44H,1,13-18,20H2,2H3/t29?,30-,31?,33?,34?/m1/s1. The maximum absolute atomic E-state index is 15.2. The van der Waals surface area contributed by atoms with Crippen molar-refractivity contribution in [2.75, 3.05) is 0 Å². The number of aliphatic hydroxyl groups is 2. The normalized spacial score (nSPS) is 30.0. The van der Waals surface area contributed by atoms with E-state index < -0.39 is 41.4 Å². The number of aliphatic hydroxyl groups excluding tert-OH is 1. The summed E-state index contributed by atoms with van der Waals surface area (Å²) in [6.07, 6.45) is -2.89. The minimum Gasteiger partial charge on any atom is -0.508 e. The number of fused-ring (bicyclic) bond motifs is 4. The number of hydrogen-bond acceptors (Lipinski definition) is 3. The molecule has 230 valence electrons. The summed E-state index contributed by atoms with van der Waals surface area (Å²) in [5.74, 6) is -0.437. The van der Waals surface area contributed by atoms with Gasteiger partial charge in [-0.25, -0.2) is 0 Å². The maximum atomic E-state index is 15.2. The van der Waals surface area contributed by atoms with Crippen LogP contribution in [0.15, 0.2) is 77.9 Å². The molecule has 0 amide bonds. The fourth-order valence-corrected chi connectivity index (χ4v) is 8.40. The summed E-state index contributed by atoms with van der Waals surface area (Å²) >= 11 is 0. The van der Waals surface area contributed by atoms with E-state index in [0.29, 0.717) is 36.8 Å². The van der Waals surface area contributed by atoms with Gasteiger partial charge >= 0.3 is 12.1 Å². The zero-order chi connectivity index (χ0) is 31.7. The second-order valence-corrected chi connectivity index (χ2v) is 12.9. The zero-order valence-electron chi connectivity index (χ0n) is 24.3. The van der Waals surface area contributed by atoms with E-state index in [4.69, 9.17) is 0 Å². The topological polar surface area (TPSA) is 57.5 Å². The summed E-state index contributed by atoms with van der Waals surface area (Å²) in [6, 6.07) is 14.2. The Balaban J connectivity index is 1.41. The molecule has 0 radical (unpaired) electrons. The van der Waals surface area contributed by atoms with Crippen LogP contribution >= 0.6 is 0 Å². The van der Waals surface area contributed by atoms with Gasteiger partial charge in [0, 0.05) is 34.4 Å². The highest BCUT2D eigenvalue weighted by Gasteiger charge is 2.79. The Bertz CT molecular complexity index is 1640. The molecule has 2 N–H and O–H groups in total. The van der Waals surface area contributed by atoms with Crippen molar-refractivity contribution in [1.29, 1.82) is 0 Å². The summed E-state index contributed by atoms with van der Waals surface area (Å²) in [5.41, 5.74) is 0.824. The fourth-order valence-electron chi connectivity index (χ4n) is 8.40. The molecule has 6 rings (SSSR count). The third kappa shape index (κ3) is 4.63. The average molecular weight is 609 g/mol. The van der Waals surface area contributed by atoms with Gasteiger partial charge in [0.1, 0.15) is 11.4 Å². The monoisotopic (exact) mass is 608 g/mol. The molecule has 44 heavy (non-hydrogen) atoms. The average Bonchev–Trinajstić information content (AvgIpc) is 3.26. The molecule has 5 atom stereocenters. The smallest absolute Gasteiger partial charge is 0.456 e.